The van der Waals surface area contributed by atoms with Crippen molar-refractivity contribution < 1.29 is 14.4 Å². The summed E-state index contributed by atoms with van der Waals surface area (Å²) in [4.78, 5) is 21.2. The van der Waals surface area contributed by atoms with E-state index in [2.05, 4.69) is 9.98 Å². The molecular weight excluding hydrogens is 384 g/mol. The van der Waals surface area contributed by atoms with E-state index in [-0.39, 0.29) is 11.3 Å². The number of aromatic hydroxyl groups is 1. The first-order valence-corrected chi connectivity index (χ1v) is 9.11. The molecule has 0 fully saturated rings. The number of aromatic nitrogens is 1. The second-order valence-electron chi connectivity index (χ2n) is 6.84. The molecular formula is C22H18N4O4. The number of hydrogen-bond donors (Lipinski definition) is 1. The van der Waals surface area contributed by atoms with Crippen LogP contribution in [0.25, 0.3) is 22.6 Å². The third-order valence-corrected chi connectivity index (χ3v) is 4.60. The topological polar surface area (TPSA) is 105 Å². The van der Waals surface area contributed by atoms with Crippen LogP contribution in [-0.4, -0.2) is 35.3 Å². The van der Waals surface area contributed by atoms with Crippen molar-refractivity contribution in [2.75, 3.05) is 19.0 Å². The molecule has 0 aliphatic rings. The van der Waals surface area contributed by atoms with E-state index in [9.17, 15) is 15.2 Å². The monoisotopic (exact) mass is 402 g/mol. The number of fused-ring (bicyclic) bond motifs is 1. The van der Waals surface area contributed by atoms with Crippen LogP contribution < -0.4 is 4.90 Å². The minimum atomic E-state index is -0.638. The summed E-state index contributed by atoms with van der Waals surface area (Å²) in [7, 11) is 3.95. The van der Waals surface area contributed by atoms with Crippen molar-refractivity contribution in [3.63, 3.8) is 0 Å². The number of phenolic OH excluding ortho intramolecular Hbond substituents is 1. The van der Waals surface area contributed by atoms with E-state index in [4.69, 9.17) is 4.42 Å². The molecule has 0 aliphatic heterocycles. The van der Waals surface area contributed by atoms with E-state index in [0.29, 0.717) is 22.7 Å². The van der Waals surface area contributed by atoms with Gasteiger partial charge in [-0.05, 0) is 48.5 Å². The van der Waals surface area contributed by atoms with E-state index in [1.807, 2.05) is 43.3 Å². The number of aliphatic imine (C=N–C) groups is 1. The fourth-order valence-electron chi connectivity index (χ4n) is 2.97. The van der Waals surface area contributed by atoms with Crippen LogP contribution in [0.15, 0.2) is 70.1 Å². The van der Waals surface area contributed by atoms with E-state index in [1.165, 1.54) is 18.3 Å². The summed E-state index contributed by atoms with van der Waals surface area (Å²) < 4.78 is 5.84. The molecule has 0 spiro atoms. The van der Waals surface area contributed by atoms with E-state index < -0.39 is 10.7 Å². The smallest absolute Gasteiger partial charge is 0.311 e. The molecule has 30 heavy (non-hydrogen) atoms. The van der Waals surface area contributed by atoms with Crippen molar-refractivity contribution in [2.45, 2.75) is 0 Å². The second kappa shape index (κ2) is 7.67. The van der Waals surface area contributed by atoms with Crippen molar-refractivity contribution in [2.24, 2.45) is 4.99 Å². The van der Waals surface area contributed by atoms with Crippen LogP contribution in [-0.2, 0) is 0 Å². The standard InChI is InChI=1S/C22H18N4O4/c1-25(2)17-9-6-14(7-10-17)22-24-18-12-16(8-11-20(18)30-22)23-13-15-4-3-5-19(21(15)27)26(28)29/h3-13,27H,1-2H3. The Morgan fingerprint density at radius 3 is 2.60 bits per heavy atom. The number of benzene rings is 3. The third-order valence-electron chi connectivity index (χ3n) is 4.60. The summed E-state index contributed by atoms with van der Waals surface area (Å²) in [6, 6.07) is 17.4. The maximum absolute atomic E-state index is 10.9. The summed E-state index contributed by atoms with van der Waals surface area (Å²) >= 11 is 0. The van der Waals surface area contributed by atoms with Crippen molar-refractivity contribution >= 4 is 34.4 Å². The highest BCUT2D eigenvalue weighted by molar-refractivity contribution is 5.88. The molecule has 8 nitrogen and oxygen atoms in total. The molecule has 4 aromatic rings. The Labute approximate surface area is 171 Å². The summed E-state index contributed by atoms with van der Waals surface area (Å²) in [5.41, 5.74) is 3.68. The molecule has 0 radical (unpaired) electrons. The van der Waals surface area contributed by atoms with E-state index in [1.54, 1.807) is 24.3 Å². The second-order valence-corrected chi connectivity index (χ2v) is 6.84. The summed E-state index contributed by atoms with van der Waals surface area (Å²) in [6.45, 7) is 0. The van der Waals surface area contributed by atoms with Gasteiger partial charge in [-0.3, -0.25) is 15.1 Å². The Morgan fingerprint density at radius 2 is 1.90 bits per heavy atom. The Balaban J connectivity index is 1.62. The zero-order valence-electron chi connectivity index (χ0n) is 16.3. The lowest BCUT2D eigenvalue weighted by atomic mass is 10.2. The summed E-state index contributed by atoms with van der Waals surface area (Å²) in [5.74, 6) is 0.0879. The van der Waals surface area contributed by atoms with Gasteiger partial charge in [0.05, 0.1) is 10.6 Å². The van der Waals surface area contributed by atoms with Crippen LogP contribution in [0.3, 0.4) is 0 Å². The Kier molecular flexibility index (Phi) is 4.89. The fraction of sp³-hybridized carbons (Fsp3) is 0.0909. The van der Waals surface area contributed by atoms with Crippen LogP contribution in [0.1, 0.15) is 5.56 Å². The van der Waals surface area contributed by atoms with Gasteiger partial charge in [0.1, 0.15) is 5.52 Å². The van der Waals surface area contributed by atoms with Crippen molar-refractivity contribution in [3.05, 3.63) is 76.3 Å². The lowest BCUT2D eigenvalue weighted by Gasteiger charge is -2.11. The molecule has 0 saturated heterocycles. The first-order valence-electron chi connectivity index (χ1n) is 9.11. The average Bonchev–Trinajstić information content (AvgIpc) is 3.16. The number of anilines is 1. The number of oxazole rings is 1. The van der Waals surface area contributed by atoms with Crippen LogP contribution in [0, 0.1) is 10.1 Å². The molecule has 4 rings (SSSR count). The first kappa shape index (κ1) is 19.1. The molecule has 0 atom stereocenters. The molecule has 0 saturated carbocycles. The van der Waals surface area contributed by atoms with Gasteiger partial charge in [0.15, 0.2) is 5.58 Å². The van der Waals surface area contributed by atoms with Crippen LogP contribution in [0.2, 0.25) is 0 Å². The number of nitro groups is 1. The van der Waals surface area contributed by atoms with Gasteiger partial charge in [-0.1, -0.05) is 6.07 Å². The summed E-state index contributed by atoms with van der Waals surface area (Å²) in [5, 5.41) is 21.0. The van der Waals surface area contributed by atoms with Crippen LogP contribution in [0.5, 0.6) is 5.75 Å². The van der Waals surface area contributed by atoms with Crippen molar-refractivity contribution in [1.82, 2.24) is 4.98 Å². The predicted molar refractivity (Wildman–Crippen MR) is 116 cm³/mol. The quantitative estimate of drug-likeness (QED) is 0.288. The number of hydrogen-bond acceptors (Lipinski definition) is 7. The Bertz CT molecular complexity index is 1260. The minimum absolute atomic E-state index is 0.256. The van der Waals surface area contributed by atoms with Gasteiger partial charge in [-0.25, -0.2) is 4.98 Å². The molecule has 1 aromatic heterocycles. The van der Waals surface area contributed by atoms with E-state index >= 15 is 0 Å². The third kappa shape index (κ3) is 3.70. The fourth-order valence-corrected chi connectivity index (χ4v) is 2.97. The molecule has 0 unspecified atom stereocenters. The van der Waals surface area contributed by atoms with E-state index in [0.717, 1.165) is 11.3 Å². The lowest BCUT2D eigenvalue weighted by molar-refractivity contribution is -0.385. The van der Waals surface area contributed by atoms with Crippen LogP contribution >= 0.6 is 0 Å². The molecule has 1 N–H and O–H groups in total. The highest BCUT2D eigenvalue weighted by Crippen LogP contribution is 2.30. The Hall–Kier alpha value is -4.20. The number of para-hydroxylation sites is 1. The largest absolute Gasteiger partial charge is 0.502 e. The highest BCUT2D eigenvalue weighted by Gasteiger charge is 2.15. The molecule has 8 heteroatoms. The zero-order valence-corrected chi connectivity index (χ0v) is 16.3. The predicted octanol–water partition coefficient (Wildman–Crippen LogP) is 4.93. The molecule has 3 aromatic carbocycles. The minimum Gasteiger partial charge on any atom is -0.502 e. The highest BCUT2D eigenvalue weighted by atomic mass is 16.6. The SMILES string of the molecule is CN(C)c1ccc(-c2nc3cc(N=Cc4cccc([N+](=O)[O-])c4O)ccc3o2)cc1. The van der Waals surface area contributed by atoms with Crippen LogP contribution in [0.4, 0.5) is 17.1 Å². The molecule has 0 aliphatic carbocycles. The molecule has 1 heterocycles. The lowest BCUT2D eigenvalue weighted by Crippen LogP contribution is -2.07. The number of nitro benzene ring substituents is 1. The molecule has 150 valence electrons. The van der Waals surface area contributed by atoms with Gasteiger partial charge in [-0.2, -0.15) is 0 Å². The maximum atomic E-state index is 10.9. The average molecular weight is 402 g/mol. The molecule has 0 bridgehead atoms. The first-order chi connectivity index (χ1) is 14.4. The number of nitrogens with zero attached hydrogens (tertiary/aromatic N) is 4. The van der Waals surface area contributed by atoms with Gasteiger partial charge in [0.2, 0.25) is 11.6 Å². The number of phenols is 1. The van der Waals surface area contributed by atoms with Gasteiger partial charge < -0.3 is 14.4 Å². The zero-order chi connectivity index (χ0) is 21.3. The van der Waals surface area contributed by atoms with Gasteiger partial charge in [0, 0.05) is 43.2 Å². The summed E-state index contributed by atoms with van der Waals surface area (Å²) in [6.07, 6.45) is 1.38. The number of rotatable bonds is 5. The van der Waals surface area contributed by atoms with Gasteiger partial charge >= 0.3 is 5.69 Å². The molecule has 0 amide bonds. The maximum Gasteiger partial charge on any atom is 0.311 e. The normalized spacial score (nSPS) is 11.3. The van der Waals surface area contributed by atoms with Gasteiger partial charge in [0.25, 0.3) is 0 Å². The van der Waals surface area contributed by atoms with Crippen molar-refractivity contribution in [1.29, 1.82) is 0 Å². The van der Waals surface area contributed by atoms with Crippen molar-refractivity contribution in [3.8, 4) is 17.2 Å². The Morgan fingerprint density at radius 1 is 1.13 bits per heavy atom. The van der Waals surface area contributed by atoms with Gasteiger partial charge in [-0.15, -0.1) is 0 Å².